The lowest BCUT2D eigenvalue weighted by atomic mass is 10.1. The first kappa shape index (κ1) is 19.9. The molecule has 1 aliphatic rings. The minimum absolute atomic E-state index is 0. The third-order valence-corrected chi connectivity index (χ3v) is 4.87. The van der Waals surface area contributed by atoms with Crippen molar-refractivity contribution in [2.45, 2.75) is 0 Å². The van der Waals surface area contributed by atoms with E-state index < -0.39 is 0 Å². The van der Waals surface area contributed by atoms with E-state index in [1.807, 2.05) is 29.6 Å². The van der Waals surface area contributed by atoms with Crippen LogP contribution >= 0.6 is 28.3 Å². The molecule has 142 valence electrons. The van der Waals surface area contributed by atoms with Gasteiger partial charge in [0.15, 0.2) is 11.5 Å². The Labute approximate surface area is 176 Å². The Morgan fingerprint density at radius 2 is 2.04 bits per heavy atom. The molecule has 0 saturated heterocycles. The molecule has 6 nitrogen and oxygen atoms in total. The average Bonchev–Trinajstić information content (AvgIpc) is 3.22. The maximum absolute atomic E-state index is 9.64. The van der Waals surface area contributed by atoms with E-state index >= 15 is 0 Å². The Bertz CT molecular complexity index is 1030. The second-order valence-electron chi connectivity index (χ2n) is 5.69. The number of aromatic nitrogens is 2. The lowest BCUT2D eigenvalue weighted by Crippen LogP contribution is -2.16. The van der Waals surface area contributed by atoms with Gasteiger partial charge in [0, 0.05) is 23.3 Å². The van der Waals surface area contributed by atoms with Crippen molar-refractivity contribution in [1.82, 2.24) is 9.97 Å². The van der Waals surface area contributed by atoms with Gasteiger partial charge in [-0.2, -0.15) is 5.26 Å². The average molecular weight is 458 g/mol. The third kappa shape index (κ3) is 4.01. The van der Waals surface area contributed by atoms with Crippen LogP contribution in [0.3, 0.4) is 0 Å². The zero-order valence-corrected chi connectivity index (χ0v) is 17.4. The number of pyridine rings is 1. The predicted octanol–water partition coefficient (Wildman–Crippen LogP) is 4.63. The van der Waals surface area contributed by atoms with Crippen molar-refractivity contribution in [2.24, 2.45) is 0 Å². The van der Waals surface area contributed by atoms with Crippen LogP contribution in [-0.4, -0.2) is 30.3 Å². The number of methoxy groups -OCH3 is 1. The van der Waals surface area contributed by atoms with E-state index in [-0.39, 0.29) is 17.0 Å². The molecule has 4 rings (SSSR count). The largest absolute Gasteiger partial charge is 0.493 e. The maximum atomic E-state index is 9.64. The molecule has 0 saturated carbocycles. The third-order valence-electron chi connectivity index (χ3n) is 3.99. The van der Waals surface area contributed by atoms with Gasteiger partial charge >= 0.3 is 0 Å². The number of thiazole rings is 1. The SMILES string of the molecule is Br.COc1cc(/C=C(/C#N)c2nc(-c3ccncc3)cs2)cc2c1OCCO2. The molecular formula is C20H16BrN3O3S. The Morgan fingerprint density at radius 3 is 2.79 bits per heavy atom. The monoisotopic (exact) mass is 457 g/mol. The van der Waals surface area contributed by atoms with Crippen LogP contribution in [0, 0.1) is 11.3 Å². The Balaban J connectivity index is 0.00000225. The Hall–Kier alpha value is -2.89. The second kappa shape index (κ2) is 8.87. The summed E-state index contributed by atoms with van der Waals surface area (Å²) in [6.07, 6.45) is 5.21. The van der Waals surface area contributed by atoms with E-state index in [9.17, 15) is 5.26 Å². The normalized spacial score (nSPS) is 12.6. The number of benzene rings is 1. The topological polar surface area (TPSA) is 77.3 Å². The van der Waals surface area contributed by atoms with Gasteiger partial charge in [-0.25, -0.2) is 4.98 Å². The van der Waals surface area contributed by atoms with Gasteiger partial charge in [-0.15, -0.1) is 28.3 Å². The van der Waals surface area contributed by atoms with Gasteiger partial charge in [0.05, 0.1) is 18.4 Å². The van der Waals surface area contributed by atoms with E-state index in [1.54, 1.807) is 25.6 Å². The molecule has 0 amide bonds. The standard InChI is InChI=1S/C20H15N3O3S.BrH/c1-24-17-9-13(10-18-19(17)26-7-6-25-18)8-15(11-21)20-23-16(12-27-20)14-2-4-22-5-3-14;/h2-5,8-10,12H,6-7H2,1H3;1H/b15-8-;. The number of rotatable bonds is 4. The summed E-state index contributed by atoms with van der Waals surface area (Å²) in [6.45, 7) is 0.967. The highest BCUT2D eigenvalue weighted by Crippen LogP contribution is 2.41. The van der Waals surface area contributed by atoms with Crippen LogP contribution in [0.5, 0.6) is 17.2 Å². The Morgan fingerprint density at radius 1 is 1.25 bits per heavy atom. The van der Waals surface area contributed by atoms with Crippen LogP contribution in [0.15, 0.2) is 42.0 Å². The van der Waals surface area contributed by atoms with Crippen molar-refractivity contribution in [2.75, 3.05) is 20.3 Å². The lowest BCUT2D eigenvalue weighted by molar-refractivity contribution is 0.165. The summed E-state index contributed by atoms with van der Waals surface area (Å²) < 4.78 is 16.7. The zero-order chi connectivity index (χ0) is 18.6. The van der Waals surface area contributed by atoms with E-state index in [4.69, 9.17) is 14.2 Å². The summed E-state index contributed by atoms with van der Waals surface area (Å²) in [6, 6.07) is 9.67. The van der Waals surface area contributed by atoms with E-state index in [2.05, 4.69) is 16.0 Å². The smallest absolute Gasteiger partial charge is 0.203 e. The molecule has 0 spiro atoms. The fraction of sp³-hybridized carbons (Fsp3) is 0.150. The van der Waals surface area contributed by atoms with Gasteiger partial charge < -0.3 is 14.2 Å². The highest BCUT2D eigenvalue weighted by molar-refractivity contribution is 8.93. The molecular weight excluding hydrogens is 442 g/mol. The van der Waals surface area contributed by atoms with Gasteiger partial charge in [0.25, 0.3) is 0 Å². The molecule has 0 aliphatic carbocycles. The number of allylic oxidation sites excluding steroid dienone is 1. The maximum Gasteiger partial charge on any atom is 0.203 e. The highest BCUT2D eigenvalue weighted by Gasteiger charge is 2.18. The van der Waals surface area contributed by atoms with Crippen molar-refractivity contribution >= 4 is 40.0 Å². The summed E-state index contributed by atoms with van der Waals surface area (Å²) in [5.74, 6) is 1.78. The molecule has 1 aromatic carbocycles. The van der Waals surface area contributed by atoms with E-state index in [1.165, 1.54) is 11.3 Å². The van der Waals surface area contributed by atoms with Gasteiger partial charge in [0.2, 0.25) is 5.75 Å². The van der Waals surface area contributed by atoms with Crippen LogP contribution in [0.1, 0.15) is 10.6 Å². The second-order valence-corrected chi connectivity index (χ2v) is 6.55. The summed E-state index contributed by atoms with van der Waals surface area (Å²) in [5, 5.41) is 12.2. The number of hydrogen-bond donors (Lipinski definition) is 0. The van der Waals surface area contributed by atoms with Gasteiger partial charge in [0.1, 0.15) is 24.3 Å². The summed E-state index contributed by atoms with van der Waals surface area (Å²) >= 11 is 1.43. The minimum Gasteiger partial charge on any atom is -0.493 e. The lowest BCUT2D eigenvalue weighted by Gasteiger charge is -2.21. The first-order chi connectivity index (χ1) is 13.3. The van der Waals surface area contributed by atoms with Crippen LogP contribution in [0.25, 0.3) is 22.9 Å². The van der Waals surface area contributed by atoms with Crippen molar-refractivity contribution < 1.29 is 14.2 Å². The van der Waals surface area contributed by atoms with Crippen molar-refractivity contribution in [3.8, 4) is 34.6 Å². The molecule has 0 fully saturated rings. The first-order valence-electron chi connectivity index (χ1n) is 8.24. The first-order valence-corrected chi connectivity index (χ1v) is 9.12. The Kier molecular flexibility index (Phi) is 6.29. The number of hydrogen-bond acceptors (Lipinski definition) is 7. The van der Waals surface area contributed by atoms with Crippen LogP contribution < -0.4 is 14.2 Å². The predicted molar refractivity (Wildman–Crippen MR) is 113 cm³/mol. The van der Waals surface area contributed by atoms with Crippen LogP contribution in [0.4, 0.5) is 0 Å². The fourth-order valence-electron chi connectivity index (χ4n) is 2.74. The molecule has 0 unspecified atom stereocenters. The molecule has 0 atom stereocenters. The number of halogens is 1. The van der Waals surface area contributed by atoms with Gasteiger partial charge in [-0.05, 0) is 35.9 Å². The molecule has 0 N–H and O–H groups in total. The minimum atomic E-state index is 0. The van der Waals surface area contributed by atoms with Gasteiger partial charge in [-0.3, -0.25) is 4.98 Å². The van der Waals surface area contributed by atoms with Crippen LogP contribution in [0.2, 0.25) is 0 Å². The number of nitriles is 1. The number of ether oxygens (including phenoxy) is 3. The summed E-state index contributed by atoms with van der Waals surface area (Å²) in [5.41, 5.74) is 3.04. The molecule has 3 aromatic rings. The molecule has 3 heterocycles. The number of fused-ring (bicyclic) bond motifs is 1. The fourth-order valence-corrected chi connectivity index (χ4v) is 3.53. The molecule has 2 aromatic heterocycles. The van der Waals surface area contributed by atoms with Crippen LogP contribution in [-0.2, 0) is 0 Å². The van der Waals surface area contributed by atoms with Crippen molar-refractivity contribution in [3.05, 3.63) is 52.6 Å². The van der Waals surface area contributed by atoms with E-state index in [0.29, 0.717) is 41.0 Å². The molecule has 28 heavy (non-hydrogen) atoms. The van der Waals surface area contributed by atoms with Crippen molar-refractivity contribution in [3.63, 3.8) is 0 Å². The quantitative estimate of drug-likeness (QED) is 0.531. The zero-order valence-electron chi connectivity index (χ0n) is 14.9. The molecule has 0 bridgehead atoms. The molecule has 1 aliphatic heterocycles. The summed E-state index contributed by atoms with van der Waals surface area (Å²) in [7, 11) is 1.58. The summed E-state index contributed by atoms with van der Waals surface area (Å²) in [4.78, 5) is 8.60. The molecule has 8 heteroatoms. The van der Waals surface area contributed by atoms with Gasteiger partial charge in [-0.1, -0.05) is 0 Å². The number of nitrogens with zero attached hydrogens (tertiary/aromatic N) is 3. The highest BCUT2D eigenvalue weighted by atomic mass is 79.9. The van der Waals surface area contributed by atoms with E-state index in [0.717, 1.165) is 16.8 Å². The van der Waals surface area contributed by atoms with Crippen molar-refractivity contribution in [1.29, 1.82) is 5.26 Å². The molecule has 0 radical (unpaired) electrons.